The van der Waals surface area contributed by atoms with E-state index < -0.39 is 6.10 Å². The normalized spacial score (nSPS) is 29.1. The number of nitrogens with zero attached hydrogens (tertiary/aromatic N) is 2. The SMILES string of the molecule is Cc1ccccc1[C@H]1CCN(C[C@@H]2CCc3cccnc3[C@@H](O)C2)C[C@@H]1C. The number of rotatable bonds is 3. The highest BCUT2D eigenvalue weighted by atomic mass is 16.3. The van der Waals surface area contributed by atoms with E-state index in [0.717, 1.165) is 38.0 Å². The highest BCUT2D eigenvalue weighted by molar-refractivity contribution is 5.30. The monoisotopic (exact) mass is 364 g/mol. The molecule has 0 unspecified atom stereocenters. The van der Waals surface area contributed by atoms with Crippen LogP contribution in [-0.4, -0.2) is 34.6 Å². The number of aliphatic hydroxyl groups excluding tert-OH is 1. The van der Waals surface area contributed by atoms with E-state index in [1.54, 1.807) is 6.20 Å². The van der Waals surface area contributed by atoms with Gasteiger partial charge in [-0.3, -0.25) is 4.98 Å². The van der Waals surface area contributed by atoms with Gasteiger partial charge in [0.25, 0.3) is 0 Å². The molecule has 1 aliphatic heterocycles. The highest BCUT2D eigenvalue weighted by Gasteiger charge is 2.31. The highest BCUT2D eigenvalue weighted by Crippen LogP contribution is 2.36. The molecule has 2 heterocycles. The van der Waals surface area contributed by atoms with Gasteiger partial charge in [-0.2, -0.15) is 0 Å². The Bertz CT molecular complexity index is 774. The minimum Gasteiger partial charge on any atom is -0.387 e. The summed E-state index contributed by atoms with van der Waals surface area (Å²) in [6.45, 7) is 8.09. The van der Waals surface area contributed by atoms with Gasteiger partial charge in [-0.15, -0.1) is 0 Å². The molecule has 144 valence electrons. The van der Waals surface area contributed by atoms with E-state index in [9.17, 15) is 5.11 Å². The fourth-order valence-electron chi connectivity index (χ4n) is 5.26. The molecule has 0 spiro atoms. The average molecular weight is 365 g/mol. The molecule has 0 bridgehead atoms. The van der Waals surface area contributed by atoms with Crippen molar-refractivity contribution < 1.29 is 5.11 Å². The summed E-state index contributed by atoms with van der Waals surface area (Å²) in [6, 6.07) is 13.0. The number of aryl methyl sites for hydroxylation is 2. The van der Waals surface area contributed by atoms with Crippen molar-refractivity contribution in [2.45, 2.75) is 51.6 Å². The van der Waals surface area contributed by atoms with Crippen LogP contribution in [0.1, 0.15) is 60.6 Å². The maximum absolute atomic E-state index is 10.6. The summed E-state index contributed by atoms with van der Waals surface area (Å²) >= 11 is 0. The third-order valence-corrected chi connectivity index (χ3v) is 6.71. The fourth-order valence-corrected chi connectivity index (χ4v) is 5.26. The Morgan fingerprint density at radius 3 is 2.81 bits per heavy atom. The molecule has 4 rings (SSSR count). The third kappa shape index (κ3) is 4.09. The molecule has 0 radical (unpaired) electrons. The molecule has 27 heavy (non-hydrogen) atoms. The Hall–Kier alpha value is -1.71. The molecule has 1 aromatic carbocycles. The topological polar surface area (TPSA) is 36.4 Å². The number of benzene rings is 1. The van der Waals surface area contributed by atoms with Gasteiger partial charge in [0.15, 0.2) is 0 Å². The molecule has 4 atom stereocenters. The predicted molar refractivity (Wildman–Crippen MR) is 110 cm³/mol. The van der Waals surface area contributed by atoms with E-state index in [1.807, 2.05) is 6.07 Å². The Balaban J connectivity index is 1.37. The van der Waals surface area contributed by atoms with Gasteiger partial charge < -0.3 is 10.0 Å². The molecule has 2 aromatic rings. The van der Waals surface area contributed by atoms with Crippen molar-refractivity contribution in [1.29, 1.82) is 0 Å². The number of hydrogen-bond donors (Lipinski definition) is 1. The lowest BCUT2D eigenvalue weighted by Crippen LogP contribution is -2.41. The molecule has 0 saturated carbocycles. The number of fused-ring (bicyclic) bond motifs is 1. The van der Waals surface area contributed by atoms with Crippen LogP contribution in [0.2, 0.25) is 0 Å². The van der Waals surface area contributed by atoms with Gasteiger partial charge in [-0.25, -0.2) is 0 Å². The van der Waals surface area contributed by atoms with Crippen LogP contribution in [0, 0.1) is 18.8 Å². The number of aromatic nitrogens is 1. The van der Waals surface area contributed by atoms with Gasteiger partial charge in [-0.1, -0.05) is 37.3 Å². The van der Waals surface area contributed by atoms with Crippen molar-refractivity contribution in [1.82, 2.24) is 9.88 Å². The van der Waals surface area contributed by atoms with Gasteiger partial charge >= 0.3 is 0 Å². The number of likely N-dealkylation sites (tertiary alicyclic amines) is 1. The Kier molecular flexibility index (Phi) is 5.60. The second-order valence-electron chi connectivity index (χ2n) is 8.69. The fraction of sp³-hybridized carbons (Fsp3) is 0.542. The minimum atomic E-state index is -0.407. The van der Waals surface area contributed by atoms with E-state index in [0.29, 0.717) is 17.8 Å². The quantitative estimate of drug-likeness (QED) is 0.815. The van der Waals surface area contributed by atoms with Gasteiger partial charge in [0.1, 0.15) is 0 Å². The van der Waals surface area contributed by atoms with Crippen LogP contribution >= 0.6 is 0 Å². The summed E-state index contributed by atoms with van der Waals surface area (Å²) < 4.78 is 0. The first kappa shape index (κ1) is 18.6. The van der Waals surface area contributed by atoms with Crippen molar-refractivity contribution in [2.75, 3.05) is 19.6 Å². The zero-order valence-corrected chi connectivity index (χ0v) is 16.6. The third-order valence-electron chi connectivity index (χ3n) is 6.71. The summed E-state index contributed by atoms with van der Waals surface area (Å²) in [7, 11) is 0. The molecule has 1 N–H and O–H groups in total. The molecule has 0 amide bonds. The molecular weight excluding hydrogens is 332 g/mol. The zero-order chi connectivity index (χ0) is 18.8. The second kappa shape index (κ2) is 8.12. The van der Waals surface area contributed by atoms with E-state index in [1.165, 1.54) is 29.7 Å². The van der Waals surface area contributed by atoms with Gasteiger partial charge in [0.05, 0.1) is 11.8 Å². The molecule has 3 nitrogen and oxygen atoms in total. The maximum Gasteiger partial charge on any atom is 0.0965 e. The molecule has 3 heteroatoms. The Morgan fingerprint density at radius 1 is 1.15 bits per heavy atom. The number of hydrogen-bond acceptors (Lipinski definition) is 3. The lowest BCUT2D eigenvalue weighted by atomic mass is 9.79. The van der Waals surface area contributed by atoms with Crippen molar-refractivity contribution >= 4 is 0 Å². The summed E-state index contributed by atoms with van der Waals surface area (Å²) in [5.74, 6) is 1.90. The number of aliphatic hydroxyl groups is 1. The van der Waals surface area contributed by atoms with Crippen LogP contribution in [0.15, 0.2) is 42.6 Å². The van der Waals surface area contributed by atoms with Gasteiger partial charge in [0, 0.05) is 19.3 Å². The Labute approximate surface area is 163 Å². The summed E-state index contributed by atoms with van der Waals surface area (Å²) in [5, 5.41) is 10.6. The first-order chi connectivity index (χ1) is 13.1. The van der Waals surface area contributed by atoms with Crippen LogP contribution < -0.4 is 0 Å². The average Bonchev–Trinajstić information content (AvgIpc) is 2.82. The molecular formula is C24H32N2O. The summed E-state index contributed by atoms with van der Waals surface area (Å²) in [6.07, 6.45) is 5.68. The van der Waals surface area contributed by atoms with Crippen LogP contribution in [0.4, 0.5) is 0 Å². The van der Waals surface area contributed by atoms with Crippen molar-refractivity contribution in [2.24, 2.45) is 11.8 Å². The minimum absolute atomic E-state index is 0.407. The smallest absolute Gasteiger partial charge is 0.0965 e. The summed E-state index contributed by atoms with van der Waals surface area (Å²) in [4.78, 5) is 7.08. The molecule has 1 fully saturated rings. The van der Waals surface area contributed by atoms with E-state index in [4.69, 9.17) is 0 Å². The van der Waals surface area contributed by atoms with Crippen LogP contribution in [-0.2, 0) is 6.42 Å². The largest absolute Gasteiger partial charge is 0.387 e. The van der Waals surface area contributed by atoms with Crippen LogP contribution in [0.25, 0.3) is 0 Å². The molecule has 1 aromatic heterocycles. The van der Waals surface area contributed by atoms with Crippen LogP contribution in [0.3, 0.4) is 0 Å². The van der Waals surface area contributed by atoms with Crippen molar-refractivity contribution in [3.05, 3.63) is 65.0 Å². The van der Waals surface area contributed by atoms with Gasteiger partial charge in [0.2, 0.25) is 0 Å². The first-order valence-electron chi connectivity index (χ1n) is 10.5. The van der Waals surface area contributed by atoms with Crippen molar-refractivity contribution in [3.8, 4) is 0 Å². The summed E-state index contributed by atoms with van der Waals surface area (Å²) in [5.41, 5.74) is 5.11. The molecule has 1 saturated heterocycles. The zero-order valence-electron chi connectivity index (χ0n) is 16.6. The van der Waals surface area contributed by atoms with Gasteiger partial charge in [-0.05, 0) is 79.7 Å². The maximum atomic E-state index is 10.6. The number of piperidine rings is 1. The Morgan fingerprint density at radius 2 is 2.00 bits per heavy atom. The first-order valence-corrected chi connectivity index (χ1v) is 10.5. The lowest BCUT2D eigenvalue weighted by molar-refractivity contribution is 0.101. The van der Waals surface area contributed by atoms with E-state index >= 15 is 0 Å². The number of pyridine rings is 1. The lowest BCUT2D eigenvalue weighted by Gasteiger charge is -2.39. The van der Waals surface area contributed by atoms with E-state index in [2.05, 4.69) is 54.1 Å². The second-order valence-corrected chi connectivity index (χ2v) is 8.69. The predicted octanol–water partition coefficient (Wildman–Crippen LogP) is 4.50. The molecule has 1 aliphatic carbocycles. The van der Waals surface area contributed by atoms with Crippen LogP contribution in [0.5, 0.6) is 0 Å². The van der Waals surface area contributed by atoms with Crippen molar-refractivity contribution in [3.63, 3.8) is 0 Å². The standard InChI is InChI=1S/C24H32N2O/c1-17-6-3-4-8-21(17)22-11-13-26(15-18(22)2)16-19-9-10-20-7-5-12-25-24(20)23(27)14-19/h3-8,12,18-19,22-23,27H,9-11,13-16H2,1-2H3/t18-,19+,22-,23-/m0/s1. The van der Waals surface area contributed by atoms with E-state index in [-0.39, 0.29) is 0 Å². The molecule has 2 aliphatic rings.